The van der Waals surface area contributed by atoms with Gasteiger partial charge in [0.05, 0.1) is 0 Å². The molecule has 64 valence electrons. The third-order valence-corrected chi connectivity index (χ3v) is 0.999. The van der Waals surface area contributed by atoms with E-state index in [9.17, 15) is 4.79 Å². The minimum Gasteiger partial charge on any atom is -0.375 e. The first-order valence-corrected chi connectivity index (χ1v) is 3.17. The second-order valence-corrected chi connectivity index (χ2v) is 1.81. The molecule has 0 aromatic rings. The number of hydrazine groups is 1. The summed E-state index contributed by atoms with van der Waals surface area (Å²) in [6.07, 6.45) is 5.68. The van der Waals surface area contributed by atoms with Crippen molar-refractivity contribution in [3.8, 4) is 0 Å². The van der Waals surface area contributed by atoms with Crippen molar-refractivity contribution in [1.82, 2.24) is 10.7 Å². The monoisotopic (exact) mass is 168 g/mol. The number of hydrogen-bond acceptors (Lipinski definition) is 5. The summed E-state index contributed by atoms with van der Waals surface area (Å²) in [5.41, 5.74) is 1.80. The zero-order valence-corrected chi connectivity index (χ0v) is 6.15. The van der Waals surface area contributed by atoms with Gasteiger partial charge in [-0.05, 0) is 12.2 Å². The first-order valence-electron chi connectivity index (χ1n) is 3.17. The molecule has 0 bridgehead atoms. The molecule has 0 radical (unpaired) electrons. The molecule has 6 nitrogen and oxygen atoms in total. The molecule has 0 fully saturated rings. The summed E-state index contributed by atoms with van der Waals surface area (Å²) in [4.78, 5) is 14.3. The Kier molecular flexibility index (Phi) is 2.86. The van der Waals surface area contributed by atoms with Gasteiger partial charge in [0.15, 0.2) is 0 Å². The van der Waals surface area contributed by atoms with Gasteiger partial charge in [-0.2, -0.15) is 0 Å². The van der Waals surface area contributed by atoms with Gasteiger partial charge in [0.2, 0.25) is 0 Å². The van der Waals surface area contributed by atoms with Crippen molar-refractivity contribution in [3.05, 3.63) is 24.6 Å². The molecule has 0 atom stereocenters. The fourth-order valence-corrected chi connectivity index (χ4v) is 0.546. The second kappa shape index (κ2) is 4.14. The smallest absolute Gasteiger partial charge is 0.375 e. The van der Waals surface area contributed by atoms with Crippen LogP contribution < -0.4 is 16.6 Å². The number of carbonyl (C=O) groups excluding carboxylic acids is 1. The number of aliphatic imine (C=N–C) groups is 1. The summed E-state index contributed by atoms with van der Waals surface area (Å²) in [5, 5.41) is 2.62. The van der Waals surface area contributed by atoms with Crippen LogP contribution in [0.2, 0.25) is 0 Å². The van der Waals surface area contributed by atoms with Crippen LogP contribution in [-0.2, 0) is 4.74 Å². The largest absolute Gasteiger partial charge is 0.429 e. The molecular formula is C6H8N4O2. The summed E-state index contributed by atoms with van der Waals surface area (Å²) in [5.74, 6) is 4.78. The maximum absolute atomic E-state index is 10.6. The van der Waals surface area contributed by atoms with Gasteiger partial charge < -0.3 is 10.1 Å². The first kappa shape index (κ1) is 8.28. The molecule has 6 heteroatoms. The highest BCUT2D eigenvalue weighted by molar-refractivity contribution is 5.87. The van der Waals surface area contributed by atoms with Gasteiger partial charge in [-0.25, -0.2) is 15.6 Å². The molecule has 12 heavy (non-hydrogen) atoms. The lowest BCUT2D eigenvalue weighted by Crippen LogP contribution is -2.35. The molecule has 0 aliphatic carbocycles. The Labute approximate surface area is 68.8 Å². The lowest BCUT2D eigenvalue weighted by atomic mass is 10.6. The molecule has 0 unspecified atom stereocenters. The minimum atomic E-state index is -0.773. The molecule has 1 aliphatic rings. The predicted molar refractivity (Wildman–Crippen MR) is 42.7 cm³/mol. The number of ether oxygens (including phenoxy) is 1. The van der Waals surface area contributed by atoms with Crippen molar-refractivity contribution in [1.29, 1.82) is 0 Å². The van der Waals surface area contributed by atoms with E-state index in [1.807, 2.05) is 0 Å². The fraction of sp³-hybridized carbons (Fsp3) is 0. The van der Waals surface area contributed by atoms with Gasteiger partial charge in [0, 0.05) is 12.4 Å². The summed E-state index contributed by atoms with van der Waals surface area (Å²) in [7, 11) is 0. The zero-order valence-electron chi connectivity index (χ0n) is 6.15. The molecule has 1 aliphatic heterocycles. The Bertz CT molecular complexity index is 256. The van der Waals surface area contributed by atoms with E-state index in [0.717, 1.165) is 0 Å². The highest BCUT2D eigenvalue weighted by Crippen LogP contribution is 1.88. The van der Waals surface area contributed by atoms with Gasteiger partial charge >= 0.3 is 12.1 Å². The number of amides is 1. The van der Waals surface area contributed by atoms with E-state index in [1.165, 1.54) is 6.20 Å². The van der Waals surface area contributed by atoms with Crippen molar-refractivity contribution in [2.75, 3.05) is 0 Å². The highest BCUT2D eigenvalue weighted by Gasteiger charge is 2.04. The van der Waals surface area contributed by atoms with Crippen LogP contribution in [0.25, 0.3) is 0 Å². The van der Waals surface area contributed by atoms with Crippen molar-refractivity contribution >= 4 is 12.1 Å². The van der Waals surface area contributed by atoms with E-state index in [1.54, 1.807) is 23.8 Å². The molecule has 0 saturated heterocycles. The molecule has 1 amide bonds. The first-order chi connectivity index (χ1) is 5.83. The number of nitrogens with one attached hydrogen (secondary N) is 2. The average molecular weight is 168 g/mol. The van der Waals surface area contributed by atoms with Crippen LogP contribution in [0.5, 0.6) is 0 Å². The maximum Gasteiger partial charge on any atom is 0.429 e. The number of rotatable bonds is 0. The molecule has 0 aromatic carbocycles. The van der Waals surface area contributed by atoms with Crippen molar-refractivity contribution < 1.29 is 9.53 Å². The van der Waals surface area contributed by atoms with E-state index in [-0.39, 0.29) is 6.02 Å². The predicted octanol–water partition coefficient (Wildman–Crippen LogP) is -0.427. The van der Waals surface area contributed by atoms with Crippen LogP contribution in [-0.4, -0.2) is 12.1 Å². The van der Waals surface area contributed by atoms with Gasteiger partial charge in [0.25, 0.3) is 0 Å². The van der Waals surface area contributed by atoms with Crippen molar-refractivity contribution in [2.24, 2.45) is 10.8 Å². The van der Waals surface area contributed by atoms with Crippen LogP contribution in [0.1, 0.15) is 0 Å². The van der Waals surface area contributed by atoms with Crippen molar-refractivity contribution in [3.63, 3.8) is 0 Å². The Morgan fingerprint density at radius 1 is 1.67 bits per heavy atom. The van der Waals surface area contributed by atoms with Crippen molar-refractivity contribution in [2.45, 2.75) is 0 Å². The normalized spacial score (nSPS) is 14.2. The summed E-state index contributed by atoms with van der Waals surface area (Å²) in [6, 6.07) is 0.0722. The molecule has 0 aromatic heterocycles. The van der Waals surface area contributed by atoms with Gasteiger partial charge in [-0.15, -0.1) is 0 Å². The quantitative estimate of drug-likeness (QED) is 0.260. The van der Waals surface area contributed by atoms with Gasteiger partial charge in [-0.1, -0.05) is 0 Å². The van der Waals surface area contributed by atoms with E-state index >= 15 is 0 Å². The van der Waals surface area contributed by atoms with E-state index in [0.29, 0.717) is 0 Å². The van der Waals surface area contributed by atoms with Crippen LogP contribution in [0.3, 0.4) is 0 Å². The Hall–Kier alpha value is -1.82. The van der Waals surface area contributed by atoms with E-state index in [4.69, 9.17) is 5.84 Å². The standard InChI is InChI=1S/C6H8N4O2/c7-10-6(11)12-5-8-3-1-2-4-9-5/h1-4H,7H2,(H,8,9)(H,10,11). The average Bonchev–Trinajstić information content (AvgIpc) is 2.33. The second-order valence-electron chi connectivity index (χ2n) is 1.81. The summed E-state index contributed by atoms with van der Waals surface area (Å²) < 4.78 is 4.58. The minimum absolute atomic E-state index is 0.0722. The van der Waals surface area contributed by atoms with Crippen LogP contribution in [0.4, 0.5) is 4.79 Å². The molecular weight excluding hydrogens is 160 g/mol. The lowest BCUT2D eigenvalue weighted by Gasteiger charge is -2.03. The zero-order chi connectivity index (χ0) is 8.81. The van der Waals surface area contributed by atoms with Gasteiger partial charge in [-0.3, -0.25) is 5.43 Å². The summed E-state index contributed by atoms with van der Waals surface area (Å²) in [6.45, 7) is 0. The van der Waals surface area contributed by atoms with Crippen LogP contribution in [0, 0.1) is 0 Å². The lowest BCUT2D eigenvalue weighted by molar-refractivity contribution is 0.196. The molecule has 0 spiro atoms. The van der Waals surface area contributed by atoms with E-state index < -0.39 is 6.09 Å². The maximum atomic E-state index is 10.6. The SMILES string of the molecule is NNC(=O)OC1=NC=CC=CN1. The molecule has 0 saturated carbocycles. The van der Waals surface area contributed by atoms with Crippen LogP contribution >= 0.6 is 0 Å². The fourth-order valence-electron chi connectivity index (χ4n) is 0.546. The Balaban J connectivity index is 2.52. The number of nitrogens with zero attached hydrogens (tertiary/aromatic N) is 1. The van der Waals surface area contributed by atoms with Crippen LogP contribution in [0.15, 0.2) is 29.5 Å². The number of allylic oxidation sites excluding steroid dienone is 2. The molecule has 4 N–H and O–H groups in total. The Morgan fingerprint density at radius 2 is 2.50 bits per heavy atom. The molecule has 1 heterocycles. The molecule has 1 rings (SSSR count). The van der Waals surface area contributed by atoms with E-state index in [2.05, 4.69) is 15.0 Å². The number of nitrogens with two attached hydrogens (primary N) is 1. The topological polar surface area (TPSA) is 88.7 Å². The highest BCUT2D eigenvalue weighted by atomic mass is 16.6. The Morgan fingerprint density at radius 3 is 3.25 bits per heavy atom. The number of amidine groups is 1. The third-order valence-electron chi connectivity index (χ3n) is 0.999. The number of hydrogen-bond donors (Lipinski definition) is 3. The third kappa shape index (κ3) is 2.43. The summed E-state index contributed by atoms with van der Waals surface area (Å²) >= 11 is 0. The van der Waals surface area contributed by atoms with Gasteiger partial charge in [0.1, 0.15) is 0 Å². The number of carbonyl (C=O) groups is 1.